The quantitative estimate of drug-likeness (QED) is 0.638. The molecule has 0 saturated heterocycles. The predicted molar refractivity (Wildman–Crippen MR) is 113 cm³/mol. The summed E-state index contributed by atoms with van der Waals surface area (Å²) in [6, 6.07) is 6.02. The highest BCUT2D eigenvalue weighted by molar-refractivity contribution is 7.03. The van der Waals surface area contributed by atoms with Gasteiger partial charge in [-0.15, -0.1) is 5.10 Å². The minimum absolute atomic E-state index is 0.0584. The first-order valence-corrected chi connectivity index (χ1v) is 10.2. The molecule has 0 bridgehead atoms. The molecule has 0 saturated carbocycles. The highest BCUT2D eigenvalue weighted by Crippen LogP contribution is 2.32. The van der Waals surface area contributed by atoms with Gasteiger partial charge >= 0.3 is 0 Å². The van der Waals surface area contributed by atoms with Gasteiger partial charge in [0.1, 0.15) is 11.9 Å². The number of hydrogen-bond acceptors (Lipinski definition) is 6. The summed E-state index contributed by atoms with van der Waals surface area (Å²) in [6.07, 6.45) is 3.05. The first-order chi connectivity index (χ1) is 14.2. The average molecular weight is 448 g/mol. The van der Waals surface area contributed by atoms with E-state index in [4.69, 9.17) is 11.6 Å². The number of nitrogens with zero attached hydrogens (tertiary/aromatic N) is 4. The summed E-state index contributed by atoms with van der Waals surface area (Å²) in [5, 5.41) is 8.04. The van der Waals surface area contributed by atoms with E-state index in [-0.39, 0.29) is 16.4 Å². The molecule has 3 aromatic rings. The molecule has 0 spiro atoms. The summed E-state index contributed by atoms with van der Waals surface area (Å²) in [7, 11) is 0. The summed E-state index contributed by atoms with van der Waals surface area (Å²) in [6.45, 7) is 5.50. The number of carbonyl (C=O) groups excluding carboxylic acids is 2. The van der Waals surface area contributed by atoms with Gasteiger partial charge in [-0.05, 0) is 68.2 Å². The van der Waals surface area contributed by atoms with Crippen LogP contribution in [0.5, 0.6) is 0 Å². The van der Waals surface area contributed by atoms with Crippen LogP contribution in [0.3, 0.4) is 0 Å². The van der Waals surface area contributed by atoms with Gasteiger partial charge in [0.05, 0.1) is 5.02 Å². The molecule has 7 nitrogen and oxygen atoms in total. The number of aromatic nitrogens is 3. The van der Waals surface area contributed by atoms with Crippen LogP contribution in [0.1, 0.15) is 42.9 Å². The van der Waals surface area contributed by atoms with Crippen molar-refractivity contribution in [3.05, 3.63) is 70.2 Å². The van der Waals surface area contributed by atoms with E-state index in [1.807, 2.05) is 20.8 Å². The van der Waals surface area contributed by atoms with E-state index in [0.29, 0.717) is 5.56 Å². The molecule has 0 aliphatic rings. The Hall–Kier alpha value is -2.91. The maximum absolute atomic E-state index is 13.8. The van der Waals surface area contributed by atoms with Crippen molar-refractivity contribution in [2.45, 2.75) is 32.4 Å². The van der Waals surface area contributed by atoms with Crippen LogP contribution in [0.25, 0.3) is 0 Å². The van der Waals surface area contributed by atoms with Gasteiger partial charge in [-0.2, -0.15) is 0 Å². The van der Waals surface area contributed by atoms with Crippen molar-refractivity contribution >= 4 is 40.6 Å². The molecule has 2 heterocycles. The van der Waals surface area contributed by atoms with Crippen molar-refractivity contribution < 1.29 is 14.0 Å². The molecular weight excluding hydrogens is 429 g/mol. The lowest BCUT2D eigenvalue weighted by atomic mass is 10.0. The topological polar surface area (TPSA) is 88.1 Å². The van der Waals surface area contributed by atoms with Gasteiger partial charge in [-0.3, -0.25) is 19.5 Å². The van der Waals surface area contributed by atoms with Crippen molar-refractivity contribution in [1.29, 1.82) is 0 Å². The Morgan fingerprint density at radius 2 is 1.90 bits per heavy atom. The fourth-order valence-electron chi connectivity index (χ4n) is 2.80. The molecule has 1 atom stereocenters. The molecule has 30 heavy (non-hydrogen) atoms. The number of pyridine rings is 1. The molecule has 0 radical (unpaired) electrons. The molecule has 2 aromatic heterocycles. The maximum Gasteiger partial charge on any atom is 0.280 e. The van der Waals surface area contributed by atoms with Crippen LogP contribution in [0.2, 0.25) is 5.02 Å². The van der Waals surface area contributed by atoms with E-state index >= 15 is 0 Å². The Bertz CT molecular complexity index is 1040. The Labute approximate surface area is 182 Å². The van der Waals surface area contributed by atoms with Gasteiger partial charge in [0.2, 0.25) is 5.91 Å². The normalized spacial score (nSPS) is 12.3. The smallest absolute Gasteiger partial charge is 0.280 e. The van der Waals surface area contributed by atoms with Gasteiger partial charge in [0, 0.05) is 29.0 Å². The summed E-state index contributed by atoms with van der Waals surface area (Å²) in [5.41, 5.74) is 0.261. The van der Waals surface area contributed by atoms with E-state index in [1.54, 1.807) is 12.1 Å². The van der Waals surface area contributed by atoms with E-state index < -0.39 is 29.2 Å². The fourth-order valence-corrected chi connectivity index (χ4v) is 3.41. The number of benzene rings is 1. The van der Waals surface area contributed by atoms with Gasteiger partial charge in [0.15, 0.2) is 5.69 Å². The maximum atomic E-state index is 13.8. The lowest BCUT2D eigenvalue weighted by Crippen LogP contribution is -2.49. The Balaban J connectivity index is 2.18. The molecule has 156 valence electrons. The predicted octanol–water partition coefficient (Wildman–Crippen LogP) is 4.03. The third kappa shape index (κ3) is 4.98. The number of amides is 2. The molecule has 3 rings (SSSR count). The zero-order valence-corrected chi connectivity index (χ0v) is 18.0. The van der Waals surface area contributed by atoms with Crippen molar-refractivity contribution in [2.75, 3.05) is 4.90 Å². The van der Waals surface area contributed by atoms with Crippen molar-refractivity contribution in [3.8, 4) is 0 Å². The van der Waals surface area contributed by atoms with Crippen LogP contribution in [0.4, 0.5) is 10.1 Å². The number of nitrogens with one attached hydrogen (secondary N) is 1. The van der Waals surface area contributed by atoms with Crippen molar-refractivity contribution in [1.82, 2.24) is 19.9 Å². The molecule has 0 aliphatic heterocycles. The summed E-state index contributed by atoms with van der Waals surface area (Å²) < 4.78 is 17.5. The Morgan fingerprint density at radius 1 is 1.20 bits per heavy atom. The third-order valence-electron chi connectivity index (χ3n) is 4.01. The second kappa shape index (κ2) is 8.85. The molecule has 1 aromatic carbocycles. The fraction of sp³-hybridized carbons (Fsp3) is 0.250. The highest BCUT2D eigenvalue weighted by atomic mass is 35.5. The number of anilines is 1. The molecule has 0 aliphatic carbocycles. The lowest BCUT2D eigenvalue weighted by Gasteiger charge is -2.33. The zero-order valence-electron chi connectivity index (χ0n) is 16.5. The lowest BCUT2D eigenvalue weighted by molar-refractivity contribution is -0.123. The molecule has 1 unspecified atom stereocenters. The second-order valence-electron chi connectivity index (χ2n) is 7.49. The molecular formula is C20H19ClFN5O2S. The summed E-state index contributed by atoms with van der Waals surface area (Å²) in [4.78, 5) is 31.9. The number of carbonyl (C=O) groups is 2. The van der Waals surface area contributed by atoms with Crippen molar-refractivity contribution in [2.24, 2.45) is 0 Å². The highest BCUT2D eigenvalue weighted by Gasteiger charge is 2.36. The van der Waals surface area contributed by atoms with Crippen molar-refractivity contribution in [3.63, 3.8) is 0 Å². The van der Waals surface area contributed by atoms with E-state index in [2.05, 4.69) is 19.9 Å². The molecule has 2 amide bonds. The standard InChI is InChI=1S/C20H19ClFN5O2S/c1-20(2,3)24-18(28)17(12-6-8-23-9-7-12)27(19(29)16-11-30-26-25-16)13-4-5-15(22)14(21)10-13/h4-11,17H,1-3H3,(H,24,28). The number of rotatable bonds is 5. The van der Waals surface area contributed by atoms with Gasteiger partial charge < -0.3 is 5.32 Å². The molecule has 1 N–H and O–H groups in total. The monoisotopic (exact) mass is 447 g/mol. The van der Waals surface area contributed by atoms with Crippen LogP contribution >= 0.6 is 23.1 Å². The Morgan fingerprint density at radius 3 is 2.47 bits per heavy atom. The largest absolute Gasteiger partial charge is 0.349 e. The molecule has 0 fully saturated rings. The van der Waals surface area contributed by atoms with Crippen LogP contribution in [0.15, 0.2) is 48.1 Å². The van der Waals surface area contributed by atoms with Crippen LogP contribution < -0.4 is 10.2 Å². The zero-order chi connectivity index (χ0) is 21.9. The second-order valence-corrected chi connectivity index (χ2v) is 8.50. The van der Waals surface area contributed by atoms with Gasteiger partial charge in [-0.25, -0.2) is 4.39 Å². The minimum Gasteiger partial charge on any atom is -0.349 e. The van der Waals surface area contributed by atoms with E-state index in [1.165, 1.54) is 34.8 Å². The Kier molecular flexibility index (Phi) is 6.42. The summed E-state index contributed by atoms with van der Waals surface area (Å²) in [5.74, 6) is -1.63. The van der Waals surface area contributed by atoms with Gasteiger partial charge in [0.25, 0.3) is 5.91 Å². The van der Waals surface area contributed by atoms with E-state index in [9.17, 15) is 14.0 Å². The van der Waals surface area contributed by atoms with Gasteiger partial charge in [-0.1, -0.05) is 16.1 Å². The average Bonchev–Trinajstić information content (AvgIpc) is 3.22. The van der Waals surface area contributed by atoms with E-state index in [0.717, 1.165) is 17.6 Å². The van der Waals surface area contributed by atoms with Crippen LogP contribution in [-0.2, 0) is 4.79 Å². The minimum atomic E-state index is -1.08. The number of halogens is 2. The first kappa shape index (κ1) is 21.8. The van der Waals surface area contributed by atoms with Crippen LogP contribution in [-0.4, -0.2) is 31.9 Å². The first-order valence-electron chi connectivity index (χ1n) is 8.95. The number of hydrogen-bond donors (Lipinski definition) is 1. The SMILES string of the molecule is CC(C)(C)NC(=O)C(c1ccncc1)N(C(=O)c1csnn1)c1ccc(F)c(Cl)c1. The molecule has 10 heteroatoms. The third-order valence-corrected chi connectivity index (χ3v) is 4.80. The van der Waals surface area contributed by atoms with Crippen LogP contribution in [0, 0.1) is 5.82 Å². The summed E-state index contributed by atoms with van der Waals surface area (Å²) >= 11 is 6.98.